The molecular formula is C16H18N2O3. The number of carbonyl (C=O) groups excluding carboxylic acids is 1. The highest BCUT2D eigenvalue weighted by Gasteiger charge is 2.12. The van der Waals surface area contributed by atoms with Crippen molar-refractivity contribution < 1.29 is 14.4 Å². The topological polar surface area (TPSA) is 73.9 Å². The van der Waals surface area contributed by atoms with Crippen LogP contribution in [0.2, 0.25) is 0 Å². The minimum absolute atomic E-state index is 0.0648. The summed E-state index contributed by atoms with van der Waals surface area (Å²) in [5.74, 6) is 0.318. The van der Waals surface area contributed by atoms with Crippen molar-refractivity contribution in [2.75, 3.05) is 6.61 Å². The highest BCUT2D eigenvalue weighted by molar-refractivity contribution is 5.90. The number of allylic oxidation sites excluding steroid dienone is 3. The zero-order valence-corrected chi connectivity index (χ0v) is 11.9. The predicted molar refractivity (Wildman–Crippen MR) is 80.8 cm³/mol. The van der Waals surface area contributed by atoms with Gasteiger partial charge in [-0.25, -0.2) is 4.79 Å². The van der Waals surface area contributed by atoms with Gasteiger partial charge in [-0.3, -0.25) is 0 Å². The summed E-state index contributed by atoms with van der Waals surface area (Å²) in [5, 5.41) is 3.59. The lowest BCUT2D eigenvalue weighted by Crippen LogP contribution is -2.22. The molecule has 2 rings (SSSR count). The SMILES string of the molecule is Cc1ccc(OC/C(N)=N/OC(=O)C2=CC=CCC2)cc1. The van der Waals surface area contributed by atoms with Gasteiger partial charge in [0, 0.05) is 5.57 Å². The second-order valence-corrected chi connectivity index (χ2v) is 4.72. The molecule has 1 aromatic rings. The summed E-state index contributed by atoms with van der Waals surface area (Å²) in [6.07, 6.45) is 7.03. The number of rotatable bonds is 5. The fourth-order valence-corrected chi connectivity index (χ4v) is 1.75. The van der Waals surface area contributed by atoms with Crippen molar-refractivity contribution in [2.45, 2.75) is 19.8 Å². The number of hydrogen-bond donors (Lipinski definition) is 1. The molecule has 0 unspecified atom stereocenters. The fourth-order valence-electron chi connectivity index (χ4n) is 1.75. The van der Waals surface area contributed by atoms with Crippen molar-refractivity contribution in [1.29, 1.82) is 0 Å². The molecule has 0 saturated heterocycles. The largest absolute Gasteiger partial charge is 0.486 e. The quantitative estimate of drug-likeness (QED) is 0.390. The Morgan fingerprint density at radius 2 is 2.10 bits per heavy atom. The molecule has 0 aromatic heterocycles. The molecule has 5 heteroatoms. The molecule has 5 nitrogen and oxygen atoms in total. The normalized spacial score (nSPS) is 14.5. The van der Waals surface area contributed by atoms with Crippen LogP contribution in [0.1, 0.15) is 18.4 Å². The zero-order valence-electron chi connectivity index (χ0n) is 11.9. The third-order valence-corrected chi connectivity index (χ3v) is 2.93. The number of ether oxygens (including phenoxy) is 1. The van der Waals surface area contributed by atoms with Gasteiger partial charge in [0.1, 0.15) is 12.4 Å². The van der Waals surface area contributed by atoms with E-state index in [1.807, 2.05) is 43.3 Å². The van der Waals surface area contributed by atoms with Crippen LogP contribution in [0.25, 0.3) is 0 Å². The Kier molecular flexibility index (Phi) is 5.15. The molecule has 0 atom stereocenters. The number of hydrogen-bond acceptors (Lipinski definition) is 4. The number of aryl methyl sites for hydroxylation is 1. The van der Waals surface area contributed by atoms with Crippen molar-refractivity contribution in [3.8, 4) is 5.75 Å². The Bertz CT molecular complexity index is 586. The number of benzene rings is 1. The van der Waals surface area contributed by atoms with Gasteiger partial charge in [0.2, 0.25) is 0 Å². The van der Waals surface area contributed by atoms with Crippen LogP contribution in [0, 0.1) is 6.92 Å². The number of nitrogens with two attached hydrogens (primary N) is 1. The smallest absolute Gasteiger partial charge is 0.361 e. The summed E-state index contributed by atoms with van der Waals surface area (Å²) in [5.41, 5.74) is 7.38. The second-order valence-electron chi connectivity index (χ2n) is 4.72. The van der Waals surface area contributed by atoms with E-state index in [-0.39, 0.29) is 12.4 Å². The summed E-state index contributed by atoms with van der Waals surface area (Å²) in [7, 11) is 0. The summed E-state index contributed by atoms with van der Waals surface area (Å²) in [6, 6.07) is 7.55. The van der Waals surface area contributed by atoms with Gasteiger partial charge in [-0.2, -0.15) is 0 Å². The number of carbonyl (C=O) groups is 1. The van der Waals surface area contributed by atoms with Gasteiger partial charge in [-0.15, -0.1) is 0 Å². The number of amidine groups is 1. The van der Waals surface area contributed by atoms with E-state index >= 15 is 0 Å². The molecule has 0 bridgehead atoms. The van der Waals surface area contributed by atoms with Gasteiger partial charge in [0.25, 0.3) is 0 Å². The predicted octanol–water partition coefficient (Wildman–Crippen LogP) is 2.47. The molecule has 0 spiro atoms. The molecule has 0 fully saturated rings. The van der Waals surface area contributed by atoms with Gasteiger partial charge in [0.05, 0.1) is 0 Å². The first-order chi connectivity index (χ1) is 10.1. The van der Waals surface area contributed by atoms with E-state index in [0.29, 0.717) is 17.7 Å². The van der Waals surface area contributed by atoms with Crippen LogP contribution in [0.4, 0.5) is 0 Å². The second kappa shape index (κ2) is 7.28. The van der Waals surface area contributed by atoms with E-state index in [1.54, 1.807) is 6.08 Å². The molecule has 0 radical (unpaired) electrons. The van der Waals surface area contributed by atoms with Gasteiger partial charge in [0.15, 0.2) is 5.84 Å². The third-order valence-electron chi connectivity index (χ3n) is 2.93. The van der Waals surface area contributed by atoms with E-state index in [0.717, 1.165) is 12.0 Å². The standard InChI is InChI=1S/C16H18N2O3/c1-12-7-9-14(10-8-12)20-11-15(17)18-21-16(19)13-5-3-2-4-6-13/h2-3,5,7-10H,4,6,11H2,1H3,(H2,17,18). The number of nitrogens with zero attached hydrogens (tertiary/aromatic N) is 1. The van der Waals surface area contributed by atoms with E-state index in [4.69, 9.17) is 15.3 Å². The van der Waals surface area contributed by atoms with Gasteiger partial charge in [-0.1, -0.05) is 41.1 Å². The highest BCUT2D eigenvalue weighted by atomic mass is 16.7. The molecule has 2 N–H and O–H groups in total. The molecule has 0 saturated carbocycles. The van der Waals surface area contributed by atoms with Crippen molar-refractivity contribution in [3.05, 3.63) is 53.6 Å². The molecule has 1 aromatic carbocycles. The van der Waals surface area contributed by atoms with Crippen LogP contribution in [0.15, 0.2) is 53.2 Å². The highest BCUT2D eigenvalue weighted by Crippen LogP contribution is 2.13. The monoisotopic (exact) mass is 286 g/mol. The molecule has 0 heterocycles. The lowest BCUT2D eigenvalue weighted by atomic mass is 10.1. The third kappa shape index (κ3) is 4.80. The lowest BCUT2D eigenvalue weighted by Gasteiger charge is -2.07. The number of oxime groups is 1. The van der Waals surface area contributed by atoms with Crippen LogP contribution < -0.4 is 10.5 Å². The Hall–Kier alpha value is -2.56. The summed E-state index contributed by atoms with van der Waals surface area (Å²) < 4.78 is 5.43. The summed E-state index contributed by atoms with van der Waals surface area (Å²) >= 11 is 0. The molecule has 110 valence electrons. The lowest BCUT2D eigenvalue weighted by molar-refractivity contribution is -0.139. The minimum Gasteiger partial charge on any atom is -0.486 e. The Balaban J connectivity index is 1.81. The van der Waals surface area contributed by atoms with Gasteiger partial charge >= 0.3 is 5.97 Å². The summed E-state index contributed by atoms with van der Waals surface area (Å²) in [4.78, 5) is 16.5. The van der Waals surface area contributed by atoms with Crippen molar-refractivity contribution >= 4 is 11.8 Å². The van der Waals surface area contributed by atoms with E-state index in [9.17, 15) is 4.79 Å². The van der Waals surface area contributed by atoms with Gasteiger partial charge in [-0.05, 0) is 31.9 Å². The summed E-state index contributed by atoms with van der Waals surface area (Å²) in [6.45, 7) is 2.06. The molecule has 0 amide bonds. The van der Waals surface area contributed by atoms with Crippen LogP contribution in [-0.2, 0) is 9.63 Å². The fraction of sp³-hybridized carbons (Fsp3) is 0.250. The molecule has 21 heavy (non-hydrogen) atoms. The average Bonchev–Trinajstić information content (AvgIpc) is 2.53. The average molecular weight is 286 g/mol. The molecule has 0 aliphatic heterocycles. The van der Waals surface area contributed by atoms with Crippen molar-refractivity contribution in [2.24, 2.45) is 10.9 Å². The molecule has 1 aliphatic carbocycles. The first kappa shape index (κ1) is 14.8. The maximum Gasteiger partial charge on any atom is 0.361 e. The van der Waals surface area contributed by atoms with Gasteiger partial charge < -0.3 is 15.3 Å². The van der Waals surface area contributed by atoms with Crippen molar-refractivity contribution in [1.82, 2.24) is 0 Å². The Labute approximate surface area is 123 Å². The molecular weight excluding hydrogens is 268 g/mol. The first-order valence-corrected chi connectivity index (χ1v) is 6.74. The minimum atomic E-state index is -0.474. The maximum absolute atomic E-state index is 11.7. The van der Waals surface area contributed by atoms with E-state index in [2.05, 4.69) is 5.16 Å². The van der Waals surface area contributed by atoms with E-state index in [1.165, 1.54) is 0 Å². The molecule has 1 aliphatic rings. The van der Waals surface area contributed by atoms with Crippen LogP contribution in [0.5, 0.6) is 5.75 Å². The zero-order chi connectivity index (χ0) is 15.1. The Morgan fingerprint density at radius 1 is 1.33 bits per heavy atom. The first-order valence-electron chi connectivity index (χ1n) is 6.74. The van der Waals surface area contributed by atoms with Crippen LogP contribution in [0.3, 0.4) is 0 Å². The van der Waals surface area contributed by atoms with Crippen LogP contribution in [-0.4, -0.2) is 18.4 Å². The van der Waals surface area contributed by atoms with Crippen molar-refractivity contribution in [3.63, 3.8) is 0 Å². The maximum atomic E-state index is 11.7. The Morgan fingerprint density at radius 3 is 2.76 bits per heavy atom. The van der Waals surface area contributed by atoms with E-state index < -0.39 is 5.97 Å². The van der Waals surface area contributed by atoms with Crippen LogP contribution >= 0.6 is 0 Å².